The number of methoxy groups -OCH3 is 3. The lowest BCUT2D eigenvalue weighted by Crippen LogP contribution is -2.18. The van der Waals surface area contributed by atoms with Crippen LogP contribution < -0.4 is 14.8 Å². The van der Waals surface area contributed by atoms with Crippen LogP contribution in [0.15, 0.2) is 54.6 Å². The first-order chi connectivity index (χ1) is 20.7. The third-order valence-corrected chi connectivity index (χ3v) is 8.57. The summed E-state index contributed by atoms with van der Waals surface area (Å²) in [6, 6.07) is 17.2. The molecule has 1 N–H and O–H groups in total. The number of fused-ring (bicyclic) bond motifs is 1. The normalized spacial score (nSPS) is 11.0. The monoisotopic (exact) mass is 597 g/mol. The van der Waals surface area contributed by atoms with E-state index in [1.54, 1.807) is 26.4 Å². The van der Waals surface area contributed by atoms with Gasteiger partial charge < -0.3 is 18.8 Å². The maximum Gasteiger partial charge on any atom is 0.337 e. The van der Waals surface area contributed by atoms with E-state index in [-0.39, 0.29) is 5.91 Å². The molecule has 9 heteroatoms. The number of aryl methyl sites for hydroxylation is 4. The van der Waals surface area contributed by atoms with Gasteiger partial charge in [0.1, 0.15) is 17.2 Å². The molecule has 0 saturated carbocycles. The molecule has 0 unspecified atom stereocenters. The minimum Gasteiger partial charge on any atom is -0.496 e. The summed E-state index contributed by atoms with van der Waals surface area (Å²) in [5.41, 5.74) is 7.49. The van der Waals surface area contributed by atoms with Crippen molar-refractivity contribution in [1.29, 1.82) is 0 Å². The molecule has 0 bridgehead atoms. The Balaban J connectivity index is 1.55. The second kappa shape index (κ2) is 12.3. The molecule has 0 saturated heterocycles. The highest BCUT2D eigenvalue weighted by atomic mass is 32.1. The molecular weight excluding hydrogens is 562 g/mol. The SMILES string of the molecule is CCc1sc(NC(=O)c2cc3cc(C)cc(C)c3n2Cc2cccc(C(=O)OC)c2)nc1-c1cc(OC)c(C)cc1OC. The van der Waals surface area contributed by atoms with Gasteiger partial charge in [0.05, 0.1) is 38.1 Å². The summed E-state index contributed by atoms with van der Waals surface area (Å²) in [5.74, 6) is 0.756. The number of nitrogens with zero attached hydrogens (tertiary/aromatic N) is 2. The van der Waals surface area contributed by atoms with Crippen molar-refractivity contribution in [2.45, 2.75) is 40.7 Å². The van der Waals surface area contributed by atoms with Crippen molar-refractivity contribution >= 4 is 39.2 Å². The highest BCUT2D eigenvalue weighted by Crippen LogP contribution is 2.40. The Kier molecular flexibility index (Phi) is 8.54. The summed E-state index contributed by atoms with van der Waals surface area (Å²) in [6.07, 6.45) is 0.734. The molecule has 0 atom stereocenters. The van der Waals surface area contributed by atoms with Crippen LogP contribution in [0.2, 0.25) is 0 Å². The molecule has 0 radical (unpaired) electrons. The van der Waals surface area contributed by atoms with Gasteiger partial charge in [-0.3, -0.25) is 10.1 Å². The second-order valence-corrected chi connectivity index (χ2v) is 11.5. The molecule has 0 aliphatic rings. The van der Waals surface area contributed by atoms with E-state index >= 15 is 0 Å². The minimum absolute atomic E-state index is 0.270. The number of ether oxygens (including phenoxy) is 3. The van der Waals surface area contributed by atoms with Gasteiger partial charge in [0.25, 0.3) is 5.91 Å². The molecule has 1 amide bonds. The largest absolute Gasteiger partial charge is 0.496 e. The van der Waals surface area contributed by atoms with Crippen molar-refractivity contribution in [3.63, 3.8) is 0 Å². The van der Waals surface area contributed by atoms with Crippen molar-refractivity contribution in [2.24, 2.45) is 0 Å². The van der Waals surface area contributed by atoms with Gasteiger partial charge in [-0.2, -0.15) is 0 Å². The summed E-state index contributed by atoms with van der Waals surface area (Å²) in [5, 5.41) is 4.53. The standard InChI is InChI=1S/C34H35N3O5S/c1-8-29-30(25-17-27(40-5)20(3)14-28(25)41-6)35-34(43-29)36-32(38)26-16-24-13-19(2)12-21(4)31(24)37(26)18-22-10-9-11-23(15-22)33(39)42-7/h9-17H,8,18H2,1-7H3,(H,35,36,38). The third-order valence-electron chi connectivity index (χ3n) is 7.46. The first kappa shape index (κ1) is 29.8. The number of aromatic nitrogens is 2. The lowest BCUT2D eigenvalue weighted by atomic mass is 10.1. The average molecular weight is 598 g/mol. The molecular formula is C34H35N3O5S. The van der Waals surface area contributed by atoms with Crippen LogP contribution in [-0.2, 0) is 17.7 Å². The smallest absolute Gasteiger partial charge is 0.337 e. The summed E-state index contributed by atoms with van der Waals surface area (Å²) in [6.45, 7) is 8.51. The Morgan fingerprint density at radius 1 is 0.930 bits per heavy atom. The minimum atomic E-state index is -0.405. The van der Waals surface area contributed by atoms with Gasteiger partial charge in [-0.1, -0.05) is 30.7 Å². The second-order valence-electron chi connectivity index (χ2n) is 10.4. The van der Waals surface area contributed by atoms with Crippen molar-refractivity contribution < 1.29 is 23.8 Å². The molecule has 8 nitrogen and oxygen atoms in total. The van der Waals surface area contributed by atoms with E-state index in [0.717, 1.165) is 61.5 Å². The van der Waals surface area contributed by atoms with Crippen LogP contribution in [0.4, 0.5) is 5.13 Å². The first-order valence-electron chi connectivity index (χ1n) is 14.0. The number of hydrogen-bond donors (Lipinski definition) is 1. The number of carbonyl (C=O) groups excluding carboxylic acids is 2. The Morgan fingerprint density at radius 2 is 1.70 bits per heavy atom. The molecule has 0 aliphatic heterocycles. The summed E-state index contributed by atoms with van der Waals surface area (Å²) in [7, 11) is 4.64. The van der Waals surface area contributed by atoms with Gasteiger partial charge in [0.15, 0.2) is 5.13 Å². The molecule has 0 spiro atoms. The predicted molar refractivity (Wildman–Crippen MR) is 171 cm³/mol. The first-order valence-corrected chi connectivity index (χ1v) is 14.8. The van der Waals surface area contributed by atoms with Gasteiger partial charge in [-0.15, -0.1) is 11.3 Å². The van der Waals surface area contributed by atoms with Crippen LogP contribution in [0.25, 0.3) is 22.2 Å². The van der Waals surface area contributed by atoms with E-state index in [1.165, 1.54) is 18.4 Å². The van der Waals surface area contributed by atoms with Gasteiger partial charge >= 0.3 is 5.97 Å². The van der Waals surface area contributed by atoms with Crippen LogP contribution in [0.3, 0.4) is 0 Å². The maximum atomic E-state index is 13.9. The topological polar surface area (TPSA) is 91.7 Å². The maximum absolute atomic E-state index is 13.9. The number of anilines is 1. The Hall–Kier alpha value is -4.63. The van der Waals surface area contributed by atoms with Gasteiger partial charge in [-0.25, -0.2) is 9.78 Å². The molecule has 5 rings (SSSR count). The zero-order valence-electron chi connectivity index (χ0n) is 25.5. The summed E-state index contributed by atoms with van der Waals surface area (Å²) >= 11 is 1.44. The molecule has 0 aliphatic carbocycles. The van der Waals surface area contributed by atoms with Crippen LogP contribution in [0.1, 0.15) is 54.9 Å². The average Bonchev–Trinajstić information content (AvgIpc) is 3.57. The van der Waals surface area contributed by atoms with E-state index in [0.29, 0.717) is 28.7 Å². The van der Waals surface area contributed by atoms with Crippen molar-refractivity contribution in [3.8, 4) is 22.8 Å². The lowest BCUT2D eigenvalue weighted by molar-refractivity contribution is 0.0600. The Labute approximate surface area is 255 Å². The van der Waals surface area contributed by atoms with E-state index in [4.69, 9.17) is 19.2 Å². The molecule has 43 heavy (non-hydrogen) atoms. The Bertz CT molecular complexity index is 1850. The molecule has 3 aromatic carbocycles. The van der Waals surface area contributed by atoms with Crippen LogP contribution in [0, 0.1) is 20.8 Å². The molecule has 222 valence electrons. The molecule has 0 fully saturated rings. The summed E-state index contributed by atoms with van der Waals surface area (Å²) < 4.78 is 18.2. The molecule has 2 heterocycles. The van der Waals surface area contributed by atoms with Crippen molar-refractivity contribution in [1.82, 2.24) is 9.55 Å². The van der Waals surface area contributed by atoms with E-state index in [9.17, 15) is 9.59 Å². The van der Waals surface area contributed by atoms with Crippen LogP contribution >= 0.6 is 11.3 Å². The fraction of sp³-hybridized carbons (Fsp3) is 0.265. The number of carbonyl (C=O) groups is 2. The number of rotatable bonds is 9. The number of amides is 1. The van der Waals surface area contributed by atoms with E-state index in [1.807, 2.05) is 55.7 Å². The number of esters is 1. The number of thiazole rings is 1. The van der Waals surface area contributed by atoms with Crippen molar-refractivity contribution in [3.05, 3.63) is 93.0 Å². The fourth-order valence-corrected chi connectivity index (χ4v) is 6.43. The van der Waals surface area contributed by atoms with Gasteiger partial charge in [-0.05, 0) is 80.3 Å². The predicted octanol–water partition coefficient (Wildman–Crippen LogP) is 7.36. The molecule has 5 aromatic rings. The van der Waals surface area contributed by atoms with Crippen molar-refractivity contribution in [2.75, 3.05) is 26.6 Å². The fourth-order valence-electron chi connectivity index (χ4n) is 5.52. The quantitative estimate of drug-likeness (QED) is 0.179. The number of benzene rings is 3. The zero-order chi connectivity index (χ0) is 30.8. The zero-order valence-corrected chi connectivity index (χ0v) is 26.3. The highest BCUT2D eigenvalue weighted by Gasteiger charge is 2.22. The van der Waals surface area contributed by atoms with Crippen LogP contribution in [0.5, 0.6) is 11.5 Å². The van der Waals surface area contributed by atoms with E-state index < -0.39 is 5.97 Å². The Morgan fingerprint density at radius 3 is 2.40 bits per heavy atom. The van der Waals surface area contributed by atoms with E-state index in [2.05, 4.69) is 24.4 Å². The molecule has 2 aromatic heterocycles. The number of hydrogen-bond acceptors (Lipinski definition) is 7. The third kappa shape index (κ3) is 5.85. The number of nitrogens with one attached hydrogen (secondary N) is 1. The van der Waals surface area contributed by atoms with Crippen LogP contribution in [-0.4, -0.2) is 42.8 Å². The van der Waals surface area contributed by atoms with Gasteiger partial charge in [0.2, 0.25) is 0 Å². The lowest BCUT2D eigenvalue weighted by Gasteiger charge is -2.13. The summed E-state index contributed by atoms with van der Waals surface area (Å²) in [4.78, 5) is 32.0. The van der Waals surface area contributed by atoms with Gasteiger partial charge in [0, 0.05) is 22.4 Å². The highest BCUT2D eigenvalue weighted by molar-refractivity contribution is 7.16.